The fourth-order valence-electron chi connectivity index (χ4n) is 2.72. The van der Waals surface area contributed by atoms with Crippen molar-refractivity contribution in [3.8, 4) is 11.5 Å². The molecule has 0 aromatic heterocycles. The molecule has 0 saturated carbocycles. The molecule has 2 aromatic carbocycles. The van der Waals surface area contributed by atoms with E-state index in [1.807, 2.05) is 39.0 Å². The Hall–Kier alpha value is -3.02. The summed E-state index contributed by atoms with van der Waals surface area (Å²) in [7, 11) is 3.31. The molecule has 0 fully saturated rings. The zero-order valence-corrected chi connectivity index (χ0v) is 17.1. The van der Waals surface area contributed by atoms with E-state index in [0.717, 1.165) is 16.9 Å². The van der Waals surface area contributed by atoms with Crippen molar-refractivity contribution < 1.29 is 19.1 Å². The van der Waals surface area contributed by atoms with Crippen molar-refractivity contribution in [1.29, 1.82) is 0 Å². The van der Waals surface area contributed by atoms with E-state index in [1.54, 1.807) is 43.3 Å². The average Bonchev–Trinajstić information content (AvgIpc) is 2.66. The third kappa shape index (κ3) is 6.01. The summed E-state index contributed by atoms with van der Waals surface area (Å²) >= 11 is 0. The first-order valence-corrected chi connectivity index (χ1v) is 9.22. The Morgan fingerprint density at radius 3 is 2.39 bits per heavy atom. The number of amides is 2. The Labute approximate surface area is 166 Å². The second kappa shape index (κ2) is 9.78. The Balaban J connectivity index is 1.90. The number of hydrogen-bond donors (Lipinski definition) is 1. The van der Waals surface area contributed by atoms with E-state index >= 15 is 0 Å². The summed E-state index contributed by atoms with van der Waals surface area (Å²) in [6.45, 7) is 6.20. The molecule has 0 aliphatic heterocycles. The second-order valence-corrected chi connectivity index (χ2v) is 6.94. The van der Waals surface area contributed by atoms with E-state index < -0.39 is 0 Å². The average molecular weight is 384 g/mol. The van der Waals surface area contributed by atoms with Gasteiger partial charge in [0.05, 0.1) is 19.8 Å². The van der Waals surface area contributed by atoms with Gasteiger partial charge in [-0.05, 0) is 51.1 Å². The quantitative estimate of drug-likeness (QED) is 0.759. The van der Waals surface area contributed by atoms with Crippen LogP contribution in [-0.4, -0.2) is 43.5 Å². The van der Waals surface area contributed by atoms with Gasteiger partial charge in [-0.25, -0.2) is 0 Å². The number of benzene rings is 2. The molecule has 2 amide bonds. The molecular weight excluding hydrogens is 356 g/mol. The van der Waals surface area contributed by atoms with Crippen molar-refractivity contribution in [1.82, 2.24) is 10.2 Å². The maximum absolute atomic E-state index is 12.4. The maximum Gasteiger partial charge on any atom is 0.251 e. The first-order valence-electron chi connectivity index (χ1n) is 9.22. The highest BCUT2D eigenvalue weighted by Crippen LogP contribution is 2.21. The largest absolute Gasteiger partial charge is 0.496 e. The zero-order valence-electron chi connectivity index (χ0n) is 17.1. The number of likely N-dealkylation sites (N-methyl/N-ethyl adjacent to an activating group) is 1. The van der Waals surface area contributed by atoms with Crippen molar-refractivity contribution in [3.63, 3.8) is 0 Å². The Morgan fingerprint density at radius 1 is 1.11 bits per heavy atom. The van der Waals surface area contributed by atoms with Crippen LogP contribution in [0.15, 0.2) is 42.5 Å². The summed E-state index contributed by atoms with van der Waals surface area (Å²) in [5.74, 6) is 0.954. The topological polar surface area (TPSA) is 67.9 Å². The molecule has 0 saturated heterocycles. The number of rotatable bonds is 8. The van der Waals surface area contributed by atoms with Crippen LogP contribution in [-0.2, 0) is 11.3 Å². The zero-order chi connectivity index (χ0) is 20.7. The highest BCUT2D eigenvalue weighted by Gasteiger charge is 2.14. The smallest absolute Gasteiger partial charge is 0.251 e. The number of methoxy groups -OCH3 is 1. The molecular formula is C22H28N2O4. The van der Waals surface area contributed by atoms with Gasteiger partial charge < -0.3 is 19.7 Å². The number of nitrogens with zero attached hydrogens (tertiary/aromatic N) is 1. The molecule has 0 unspecified atom stereocenters. The molecule has 0 bridgehead atoms. The van der Waals surface area contributed by atoms with E-state index in [-0.39, 0.29) is 24.5 Å². The molecule has 0 atom stereocenters. The van der Waals surface area contributed by atoms with Gasteiger partial charge in [0, 0.05) is 24.7 Å². The molecule has 0 heterocycles. The van der Waals surface area contributed by atoms with E-state index in [9.17, 15) is 9.59 Å². The van der Waals surface area contributed by atoms with Gasteiger partial charge in [0.15, 0.2) is 0 Å². The minimum Gasteiger partial charge on any atom is -0.496 e. The van der Waals surface area contributed by atoms with Crippen LogP contribution in [0.3, 0.4) is 0 Å². The van der Waals surface area contributed by atoms with Crippen molar-refractivity contribution in [2.75, 3.05) is 20.7 Å². The van der Waals surface area contributed by atoms with Crippen molar-refractivity contribution in [2.24, 2.45) is 0 Å². The minimum atomic E-state index is -0.300. The molecule has 0 spiro atoms. The predicted octanol–water partition coefficient (Wildman–Crippen LogP) is 3.18. The van der Waals surface area contributed by atoms with Gasteiger partial charge in [-0.2, -0.15) is 0 Å². The van der Waals surface area contributed by atoms with Gasteiger partial charge in [-0.15, -0.1) is 0 Å². The molecule has 2 rings (SSSR count). The third-order valence-electron chi connectivity index (χ3n) is 4.16. The number of hydrogen-bond acceptors (Lipinski definition) is 4. The first kappa shape index (κ1) is 21.3. The van der Waals surface area contributed by atoms with Crippen LogP contribution in [0.5, 0.6) is 11.5 Å². The van der Waals surface area contributed by atoms with Gasteiger partial charge in [0.1, 0.15) is 11.5 Å². The van der Waals surface area contributed by atoms with Gasteiger partial charge in [-0.1, -0.05) is 17.7 Å². The third-order valence-corrected chi connectivity index (χ3v) is 4.16. The summed E-state index contributed by atoms with van der Waals surface area (Å²) in [5, 5.41) is 2.66. The Bertz CT molecular complexity index is 816. The summed E-state index contributed by atoms with van der Waals surface area (Å²) < 4.78 is 10.9. The van der Waals surface area contributed by atoms with Crippen LogP contribution < -0.4 is 14.8 Å². The van der Waals surface area contributed by atoms with Gasteiger partial charge in [-0.3, -0.25) is 9.59 Å². The van der Waals surface area contributed by atoms with Crippen LogP contribution in [0.4, 0.5) is 0 Å². The Kier molecular flexibility index (Phi) is 7.44. The molecule has 0 aliphatic carbocycles. The van der Waals surface area contributed by atoms with Crippen LogP contribution >= 0.6 is 0 Å². The molecule has 2 aromatic rings. The number of ether oxygens (including phenoxy) is 2. The summed E-state index contributed by atoms with van der Waals surface area (Å²) in [5.41, 5.74) is 2.49. The standard InChI is InChI=1S/C22H28N2O4/c1-15(2)28-19-9-7-17(8-10-19)22(26)23-13-21(25)24(4)14-18-12-16(3)6-11-20(18)27-5/h6-12,15H,13-14H2,1-5H3,(H,23,26). The number of aryl methyl sites for hydroxylation is 1. The lowest BCUT2D eigenvalue weighted by Crippen LogP contribution is -2.37. The summed E-state index contributed by atoms with van der Waals surface area (Å²) in [6, 6.07) is 12.7. The van der Waals surface area contributed by atoms with E-state index in [2.05, 4.69) is 5.32 Å². The van der Waals surface area contributed by atoms with Crippen molar-refractivity contribution in [2.45, 2.75) is 33.4 Å². The highest BCUT2D eigenvalue weighted by molar-refractivity contribution is 5.96. The SMILES string of the molecule is COc1ccc(C)cc1CN(C)C(=O)CNC(=O)c1ccc(OC(C)C)cc1. The Morgan fingerprint density at radius 2 is 1.79 bits per heavy atom. The predicted molar refractivity (Wildman–Crippen MR) is 109 cm³/mol. The number of carbonyl (C=O) groups is 2. The molecule has 150 valence electrons. The van der Waals surface area contributed by atoms with Crippen molar-refractivity contribution in [3.05, 3.63) is 59.2 Å². The fraction of sp³-hybridized carbons (Fsp3) is 0.364. The maximum atomic E-state index is 12.4. The second-order valence-electron chi connectivity index (χ2n) is 6.94. The van der Waals surface area contributed by atoms with Crippen LogP contribution in [0.2, 0.25) is 0 Å². The molecule has 0 aliphatic rings. The first-order chi connectivity index (χ1) is 13.3. The van der Waals surface area contributed by atoms with Crippen molar-refractivity contribution >= 4 is 11.8 Å². The van der Waals surface area contributed by atoms with E-state index in [1.165, 1.54) is 0 Å². The lowest BCUT2D eigenvalue weighted by Gasteiger charge is -2.19. The molecule has 0 radical (unpaired) electrons. The summed E-state index contributed by atoms with van der Waals surface area (Å²) in [4.78, 5) is 26.2. The van der Waals surface area contributed by atoms with Gasteiger partial charge >= 0.3 is 0 Å². The highest BCUT2D eigenvalue weighted by atomic mass is 16.5. The van der Waals surface area contributed by atoms with Gasteiger partial charge in [0.2, 0.25) is 5.91 Å². The lowest BCUT2D eigenvalue weighted by molar-refractivity contribution is -0.129. The molecule has 28 heavy (non-hydrogen) atoms. The molecule has 6 heteroatoms. The van der Waals surface area contributed by atoms with E-state index in [4.69, 9.17) is 9.47 Å². The fourth-order valence-corrected chi connectivity index (χ4v) is 2.72. The lowest BCUT2D eigenvalue weighted by atomic mass is 10.1. The number of nitrogens with one attached hydrogen (secondary N) is 1. The van der Waals surface area contributed by atoms with E-state index in [0.29, 0.717) is 17.9 Å². The van der Waals surface area contributed by atoms with Crippen LogP contribution in [0.1, 0.15) is 35.3 Å². The minimum absolute atomic E-state index is 0.0693. The van der Waals surface area contributed by atoms with Crippen LogP contribution in [0, 0.1) is 6.92 Å². The van der Waals surface area contributed by atoms with Crippen LogP contribution in [0.25, 0.3) is 0 Å². The van der Waals surface area contributed by atoms with Gasteiger partial charge in [0.25, 0.3) is 5.91 Å². The summed E-state index contributed by atoms with van der Waals surface area (Å²) in [6.07, 6.45) is 0.0693. The monoisotopic (exact) mass is 384 g/mol. The molecule has 1 N–H and O–H groups in total. The molecule has 6 nitrogen and oxygen atoms in total. The normalized spacial score (nSPS) is 10.5. The number of carbonyl (C=O) groups excluding carboxylic acids is 2.